The molecule has 0 saturated carbocycles. The Morgan fingerprint density at radius 3 is 2.50 bits per heavy atom. The van der Waals surface area contributed by atoms with E-state index in [0.29, 0.717) is 0 Å². The Hall–Kier alpha value is 0.240. The van der Waals surface area contributed by atoms with E-state index in [-0.39, 0.29) is 0 Å². The van der Waals surface area contributed by atoms with Gasteiger partial charge in [0.25, 0.3) is 0 Å². The molecule has 0 saturated heterocycles. The fraction of sp³-hybridized carbons (Fsp3) is 0. The molecule has 0 N–H and O–H groups in total. The molecule has 1 aromatic carbocycles. The zero-order valence-electron chi connectivity index (χ0n) is 5.07. The van der Waals surface area contributed by atoms with Crippen LogP contribution in [0.1, 0.15) is 5.56 Å². The smallest absolute Gasteiger partial charge is 0.0387 e. The van der Waals surface area contributed by atoms with E-state index in [1.54, 1.807) is 0 Å². The van der Waals surface area contributed by atoms with Crippen LogP contribution in [0.15, 0.2) is 24.3 Å². The first-order valence-electron chi connectivity index (χ1n) is 2.71. The summed E-state index contributed by atoms with van der Waals surface area (Å²) in [4.78, 5) is 0. The molecule has 0 spiro atoms. The van der Waals surface area contributed by atoms with Crippen LogP contribution in [0.2, 0.25) is 0 Å². The van der Waals surface area contributed by atoms with Gasteiger partial charge in [-0.15, -0.1) is 0 Å². The summed E-state index contributed by atoms with van der Waals surface area (Å²) in [5.41, 5.74) is 1.11. The van der Waals surface area contributed by atoms with E-state index in [9.17, 15) is 0 Å². The highest BCUT2D eigenvalue weighted by molar-refractivity contribution is 14.1. The Balaban J connectivity index is 3.11. The second-order valence-corrected chi connectivity index (χ2v) is 3.40. The van der Waals surface area contributed by atoms with Crippen molar-refractivity contribution in [2.24, 2.45) is 0 Å². The lowest BCUT2D eigenvalue weighted by molar-refractivity contribution is 1.59. The van der Waals surface area contributed by atoms with E-state index in [2.05, 4.69) is 38.5 Å². The van der Waals surface area contributed by atoms with Crippen molar-refractivity contribution in [1.29, 1.82) is 0 Å². The number of hydrogen-bond acceptors (Lipinski definition) is 0. The molecule has 0 bridgehead atoms. The van der Waals surface area contributed by atoms with Gasteiger partial charge in [-0.1, -0.05) is 18.1 Å². The highest BCUT2D eigenvalue weighted by Gasteiger charge is 1.90. The van der Waals surface area contributed by atoms with Gasteiger partial charge in [0.15, 0.2) is 0 Å². The van der Waals surface area contributed by atoms with E-state index in [4.69, 9.17) is 0 Å². The summed E-state index contributed by atoms with van der Waals surface area (Å²) in [6.45, 7) is 0. The van der Waals surface area contributed by atoms with Gasteiger partial charge in [-0.2, -0.15) is 0 Å². The third kappa shape index (κ3) is 2.13. The van der Waals surface area contributed by atoms with Gasteiger partial charge in [-0.25, -0.2) is 0 Å². The third-order valence-corrected chi connectivity index (χ3v) is 2.27. The minimum Gasteiger partial charge on any atom is -0.0611 e. The van der Waals surface area contributed by atoms with Crippen molar-refractivity contribution in [3.8, 4) is 9.85 Å². The Morgan fingerprint density at radius 2 is 1.90 bits per heavy atom. The van der Waals surface area contributed by atoms with E-state index in [1.807, 2.05) is 40.8 Å². The summed E-state index contributed by atoms with van der Waals surface area (Å²) >= 11 is 4.32. The monoisotopic (exact) mass is 354 g/mol. The summed E-state index contributed by atoms with van der Waals surface area (Å²) in [7, 11) is 0. The Bertz CT molecular complexity index is 281. The molecular formula is C8H4I2. The second-order valence-electron chi connectivity index (χ2n) is 1.70. The number of halogens is 2. The fourth-order valence-corrected chi connectivity index (χ4v) is 1.43. The molecule has 0 fully saturated rings. The molecule has 0 aliphatic rings. The average Bonchev–Trinajstić information content (AvgIpc) is 1.94. The molecule has 0 aliphatic heterocycles. The maximum Gasteiger partial charge on any atom is 0.0387 e. The van der Waals surface area contributed by atoms with E-state index < -0.39 is 0 Å². The van der Waals surface area contributed by atoms with Crippen molar-refractivity contribution >= 4 is 45.2 Å². The first-order valence-corrected chi connectivity index (χ1v) is 4.86. The fourth-order valence-electron chi connectivity index (χ4n) is 0.613. The van der Waals surface area contributed by atoms with Gasteiger partial charge in [0, 0.05) is 31.7 Å². The predicted octanol–water partition coefficient (Wildman–Crippen LogP) is 3.04. The lowest BCUT2D eigenvalue weighted by Gasteiger charge is -1.91. The third-order valence-electron chi connectivity index (χ3n) is 1.06. The zero-order chi connectivity index (χ0) is 7.40. The summed E-state index contributed by atoms with van der Waals surface area (Å²) < 4.78 is 4.05. The van der Waals surface area contributed by atoms with Crippen LogP contribution in [0.25, 0.3) is 0 Å². The van der Waals surface area contributed by atoms with Gasteiger partial charge in [-0.05, 0) is 38.7 Å². The summed E-state index contributed by atoms with van der Waals surface area (Å²) in [6, 6.07) is 8.09. The lowest BCUT2D eigenvalue weighted by Crippen LogP contribution is -1.77. The van der Waals surface area contributed by atoms with Crippen LogP contribution in [0, 0.1) is 13.4 Å². The van der Waals surface area contributed by atoms with Crippen LogP contribution >= 0.6 is 45.2 Å². The summed E-state index contributed by atoms with van der Waals surface area (Å²) in [5.74, 6) is 3.00. The van der Waals surface area contributed by atoms with Gasteiger partial charge >= 0.3 is 0 Å². The predicted molar refractivity (Wildman–Crippen MR) is 60.1 cm³/mol. The quantitative estimate of drug-likeness (QED) is 0.497. The van der Waals surface area contributed by atoms with Crippen LogP contribution in [0.5, 0.6) is 0 Å². The molecule has 1 aromatic rings. The van der Waals surface area contributed by atoms with Crippen LogP contribution in [-0.4, -0.2) is 0 Å². The number of rotatable bonds is 0. The lowest BCUT2D eigenvalue weighted by atomic mass is 10.2. The average molecular weight is 354 g/mol. The zero-order valence-corrected chi connectivity index (χ0v) is 9.38. The Morgan fingerprint density at radius 1 is 1.20 bits per heavy atom. The minimum absolute atomic E-state index is 1.11. The van der Waals surface area contributed by atoms with E-state index in [0.717, 1.165) is 5.56 Å². The first-order chi connectivity index (χ1) is 4.84. The molecule has 10 heavy (non-hydrogen) atoms. The number of hydrogen-bond donors (Lipinski definition) is 0. The maximum atomic E-state index is 3.00. The van der Waals surface area contributed by atoms with Gasteiger partial charge in [0.05, 0.1) is 0 Å². The van der Waals surface area contributed by atoms with E-state index >= 15 is 0 Å². The molecule has 0 unspecified atom stereocenters. The molecule has 0 atom stereocenters. The summed E-state index contributed by atoms with van der Waals surface area (Å²) in [6.07, 6.45) is 0. The Kier molecular flexibility index (Phi) is 3.49. The molecule has 0 nitrogen and oxygen atoms in total. The minimum atomic E-state index is 1.11. The van der Waals surface area contributed by atoms with Crippen molar-refractivity contribution < 1.29 is 0 Å². The molecule has 0 radical (unpaired) electrons. The molecular weight excluding hydrogens is 350 g/mol. The van der Waals surface area contributed by atoms with Crippen molar-refractivity contribution in [2.75, 3.05) is 0 Å². The largest absolute Gasteiger partial charge is 0.0611 e. The van der Waals surface area contributed by atoms with Gasteiger partial charge in [-0.3, -0.25) is 0 Å². The normalized spacial score (nSPS) is 8.20. The van der Waals surface area contributed by atoms with Crippen LogP contribution in [0.3, 0.4) is 0 Å². The SMILES string of the molecule is IC#Cc1ccccc1I. The molecule has 50 valence electrons. The molecule has 1 rings (SSSR count). The van der Waals surface area contributed by atoms with Crippen molar-refractivity contribution in [2.45, 2.75) is 0 Å². The van der Waals surface area contributed by atoms with Crippen molar-refractivity contribution in [1.82, 2.24) is 0 Å². The molecule has 2 heteroatoms. The van der Waals surface area contributed by atoms with Crippen molar-refractivity contribution in [3.05, 3.63) is 33.4 Å². The highest BCUT2D eigenvalue weighted by atomic mass is 127. The van der Waals surface area contributed by atoms with Crippen LogP contribution < -0.4 is 0 Å². The van der Waals surface area contributed by atoms with Gasteiger partial charge in [0.1, 0.15) is 0 Å². The molecule has 0 aromatic heterocycles. The van der Waals surface area contributed by atoms with Gasteiger partial charge in [0.2, 0.25) is 0 Å². The summed E-state index contributed by atoms with van der Waals surface area (Å²) in [5, 5.41) is 0. The molecule has 0 amide bonds. The van der Waals surface area contributed by atoms with E-state index in [1.165, 1.54) is 3.57 Å². The second kappa shape index (κ2) is 4.19. The topological polar surface area (TPSA) is 0 Å². The van der Waals surface area contributed by atoms with Crippen molar-refractivity contribution in [3.63, 3.8) is 0 Å². The van der Waals surface area contributed by atoms with Crippen LogP contribution in [0.4, 0.5) is 0 Å². The van der Waals surface area contributed by atoms with Gasteiger partial charge < -0.3 is 0 Å². The Labute approximate surface area is 87.7 Å². The standard InChI is InChI=1S/C8H4I2/c9-6-5-7-3-1-2-4-8(7)10/h1-4H. The maximum absolute atomic E-state index is 3.00. The number of benzene rings is 1. The highest BCUT2D eigenvalue weighted by Crippen LogP contribution is 2.09. The van der Waals surface area contributed by atoms with Crippen LogP contribution in [-0.2, 0) is 0 Å². The molecule has 0 heterocycles. The first kappa shape index (κ1) is 8.34. The molecule has 0 aliphatic carbocycles.